The second-order valence-corrected chi connectivity index (χ2v) is 6.50. The van der Waals surface area contributed by atoms with Crippen LogP contribution in [0.2, 0.25) is 0 Å². The van der Waals surface area contributed by atoms with E-state index in [2.05, 4.69) is 21.0 Å². The molecule has 0 atom stereocenters. The van der Waals surface area contributed by atoms with Crippen molar-refractivity contribution >= 4 is 17.6 Å². The lowest BCUT2D eigenvalue weighted by Gasteiger charge is -2.24. The molecule has 7 nitrogen and oxygen atoms in total. The van der Waals surface area contributed by atoms with Gasteiger partial charge in [0.15, 0.2) is 0 Å². The van der Waals surface area contributed by atoms with Gasteiger partial charge in [0.2, 0.25) is 5.91 Å². The molecule has 0 aliphatic heterocycles. The van der Waals surface area contributed by atoms with Crippen LogP contribution in [0.5, 0.6) is 0 Å². The summed E-state index contributed by atoms with van der Waals surface area (Å²) in [5, 5.41) is 12.6. The first-order valence-electron chi connectivity index (χ1n) is 8.30. The van der Waals surface area contributed by atoms with Gasteiger partial charge in [-0.1, -0.05) is 19.1 Å². The molecule has 0 bridgehead atoms. The molecule has 25 heavy (non-hydrogen) atoms. The number of rotatable bonds is 7. The Morgan fingerprint density at radius 2 is 2.04 bits per heavy atom. The van der Waals surface area contributed by atoms with Gasteiger partial charge >= 0.3 is 6.03 Å². The minimum atomic E-state index is -0.244. The smallest absolute Gasteiger partial charge is 0.315 e. The van der Waals surface area contributed by atoms with Crippen LogP contribution in [-0.2, 0) is 17.9 Å². The molecule has 0 unspecified atom stereocenters. The molecule has 2 rings (SSSR count). The summed E-state index contributed by atoms with van der Waals surface area (Å²) in [4.78, 5) is 23.9. The highest BCUT2D eigenvalue weighted by atomic mass is 16.2. The predicted octanol–water partition coefficient (Wildman–Crippen LogP) is 2.51. The van der Waals surface area contributed by atoms with Crippen LogP contribution >= 0.6 is 0 Å². The average molecular weight is 343 g/mol. The largest absolute Gasteiger partial charge is 0.334 e. The molecule has 3 N–H and O–H groups in total. The van der Waals surface area contributed by atoms with E-state index in [1.807, 2.05) is 45.0 Å². The molecule has 7 heteroatoms. The van der Waals surface area contributed by atoms with E-state index in [0.717, 1.165) is 12.0 Å². The van der Waals surface area contributed by atoms with Gasteiger partial charge < -0.3 is 16.0 Å². The number of benzene rings is 1. The van der Waals surface area contributed by atoms with Crippen LogP contribution in [0.15, 0.2) is 42.7 Å². The topological polar surface area (TPSA) is 88.0 Å². The molecule has 3 amide bonds. The predicted molar refractivity (Wildman–Crippen MR) is 97.0 cm³/mol. The molecule has 0 aliphatic carbocycles. The Morgan fingerprint density at radius 3 is 2.72 bits per heavy atom. The lowest BCUT2D eigenvalue weighted by molar-refractivity contribution is -0.116. The van der Waals surface area contributed by atoms with Crippen LogP contribution in [0, 0.1) is 0 Å². The number of carbonyl (C=O) groups is 2. The van der Waals surface area contributed by atoms with Crippen molar-refractivity contribution in [2.45, 2.75) is 45.8 Å². The highest BCUT2D eigenvalue weighted by Crippen LogP contribution is 2.11. The molecule has 1 aromatic heterocycles. The summed E-state index contributed by atoms with van der Waals surface area (Å²) in [6.07, 6.45) is 4.21. The summed E-state index contributed by atoms with van der Waals surface area (Å²) in [7, 11) is 0. The van der Waals surface area contributed by atoms with E-state index >= 15 is 0 Å². The van der Waals surface area contributed by atoms with Crippen LogP contribution in [-0.4, -0.2) is 27.3 Å². The van der Waals surface area contributed by atoms with Gasteiger partial charge in [-0.2, -0.15) is 5.10 Å². The van der Waals surface area contributed by atoms with Gasteiger partial charge in [0.05, 0.1) is 0 Å². The number of anilines is 1. The third kappa shape index (κ3) is 6.29. The van der Waals surface area contributed by atoms with Crippen molar-refractivity contribution in [1.29, 1.82) is 0 Å². The van der Waals surface area contributed by atoms with Gasteiger partial charge in [-0.25, -0.2) is 4.79 Å². The van der Waals surface area contributed by atoms with Crippen molar-refractivity contribution in [2.75, 3.05) is 5.32 Å². The zero-order valence-electron chi connectivity index (χ0n) is 14.9. The Balaban J connectivity index is 1.86. The van der Waals surface area contributed by atoms with E-state index in [-0.39, 0.29) is 24.0 Å². The fourth-order valence-corrected chi connectivity index (χ4v) is 2.12. The standard InChI is InChI=1S/C18H25N5O2/c1-4-18(2,3)22-17(25)19-12-14-7-5-8-15(11-14)21-16(24)13-23-10-6-9-20-23/h5-11H,4,12-13H2,1-3H3,(H,21,24)(H2,19,22,25). The minimum absolute atomic E-state index is 0.156. The van der Waals surface area contributed by atoms with E-state index in [1.165, 1.54) is 0 Å². The molecule has 0 fully saturated rings. The molecule has 0 saturated heterocycles. The van der Waals surface area contributed by atoms with E-state index < -0.39 is 0 Å². The number of nitrogens with one attached hydrogen (secondary N) is 3. The molecule has 2 aromatic rings. The maximum absolute atomic E-state index is 12.0. The Morgan fingerprint density at radius 1 is 1.24 bits per heavy atom. The van der Waals surface area contributed by atoms with Gasteiger partial charge in [0, 0.05) is 30.2 Å². The van der Waals surface area contributed by atoms with Gasteiger partial charge in [0.25, 0.3) is 0 Å². The van der Waals surface area contributed by atoms with Crippen LogP contribution in [0.4, 0.5) is 10.5 Å². The molecule has 0 saturated carbocycles. The first-order valence-corrected chi connectivity index (χ1v) is 8.30. The normalized spacial score (nSPS) is 11.0. The summed E-state index contributed by atoms with van der Waals surface area (Å²) in [5.41, 5.74) is 1.35. The quantitative estimate of drug-likeness (QED) is 0.722. The van der Waals surface area contributed by atoms with Crippen molar-refractivity contribution in [1.82, 2.24) is 20.4 Å². The number of hydrogen-bond acceptors (Lipinski definition) is 3. The minimum Gasteiger partial charge on any atom is -0.334 e. The SMILES string of the molecule is CCC(C)(C)NC(=O)NCc1cccc(NC(=O)Cn2cccn2)c1. The molecule has 0 radical (unpaired) electrons. The van der Waals surface area contributed by atoms with E-state index in [1.54, 1.807) is 23.1 Å². The van der Waals surface area contributed by atoms with Crippen molar-refractivity contribution in [3.05, 3.63) is 48.3 Å². The number of amides is 3. The summed E-state index contributed by atoms with van der Waals surface area (Å²) in [5.74, 6) is -0.156. The van der Waals surface area contributed by atoms with Crippen LogP contribution in [0.3, 0.4) is 0 Å². The molecule has 0 aliphatic rings. The lowest BCUT2D eigenvalue weighted by atomic mass is 10.0. The zero-order chi connectivity index (χ0) is 18.3. The highest BCUT2D eigenvalue weighted by molar-refractivity contribution is 5.90. The second kappa shape index (κ2) is 8.32. The highest BCUT2D eigenvalue weighted by Gasteiger charge is 2.17. The molecule has 1 heterocycles. The van der Waals surface area contributed by atoms with Gasteiger partial charge in [-0.3, -0.25) is 9.48 Å². The fraction of sp³-hybridized carbons (Fsp3) is 0.389. The van der Waals surface area contributed by atoms with Gasteiger partial charge in [-0.15, -0.1) is 0 Å². The van der Waals surface area contributed by atoms with E-state index in [0.29, 0.717) is 12.2 Å². The summed E-state index contributed by atoms with van der Waals surface area (Å²) in [6, 6.07) is 8.95. The Bertz CT molecular complexity index is 710. The molecule has 134 valence electrons. The number of hydrogen-bond donors (Lipinski definition) is 3. The van der Waals surface area contributed by atoms with Gasteiger partial charge in [-0.05, 0) is 44.0 Å². The Kier molecular flexibility index (Phi) is 6.16. The van der Waals surface area contributed by atoms with Crippen LogP contribution in [0.1, 0.15) is 32.8 Å². The molecular weight excluding hydrogens is 318 g/mol. The Hall–Kier alpha value is -2.83. The first kappa shape index (κ1) is 18.5. The second-order valence-electron chi connectivity index (χ2n) is 6.50. The summed E-state index contributed by atoms with van der Waals surface area (Å²) in [6.45, 7) is 6.51. The van der Waals surface area contributed by atoms with E-state index in [4.69, 9.17) is 0 Å². The van der Waals surface area contributed by atoms with E-state index in [9.17, 15) is 9.59 Å². The Labute approximate surface area is 147 Å². The molecule has 1 aromatic carbocycles. The zero-order valence-corrected chi connectivity index (χ0v) is 14.9. The van der Waals surface area contributed by atoms with Crippen molar-refractivity contribution in [2.24, 2.45) is 0 Å². The molecule has 0 spiro atoms. The van der Waals surface area contributed by atoms with Crippen molar-refractivity contribution in [3.63, 3.8) is 0 Å². The van der Waals surface area contributed by atoms with Crippen LogP contribution in [0.25, 0.3) is 0 Å². The number of nitrogens with zero attached hydrogens (tertiary/aromatic N) is 2. The first-order chi connectivity index (χ1) is 11.9. The number of urea groups is 1. The van der Waals surface area contributed by atoms with Gasteiger partial charge in [0.1, 0.15) is 6.54 Å². The van der Waals surface area contributed by atoms with Crippen molar-refractivity contribution < 1.29 is 9.59 Å². The number of carbonyl (C=O) groups excluding carboxylic acids is 2. The average Bonchev–Trinajstić information content (AvgIpc) is 3.05. The summed E-state index contributed by atoms with van der Waals surface area (Å²) >= 11 is 0. The summed E-state index contributed by atoms with van der Waals surface area (Å²) < 4.78 is 1.56. The molecular formula is C18H25N5O2. The lowest BCUT2D eigenvalue weighted by Crippen LogP contribution is -2.47. The number of aromatic nitrogens is 2. The monoisotopic (exact) mass is 343 g/mol. The maximum atomic E-state index is 12.0. The van der Waals surface area contributed by atoms with Crippen molar-refractivity contribution in [3.8, 4) is 0 Å². The fourth-order valence-electron chi connectivity index (χ4n) is 2.12. The third-order valence-electron chi connectivity index (χ3n) is 3.86. The maximum Gasteiger partial charge on any atom is 0.315 e. The van der Waals surface area contributed by atoms with Crippen LogP contribution < -0.4 is 16.0 Å². The third-order valence-corrected chi connectivity index (χ3v) is 3.86.